The Kier molecular flexibility index (Phi) is 5.36. The molecule has 1 fully saturated rings. The maximum Gasteiger partial charge on any atom is 0.258 e. The van der Waals surface area contributed by atoms with Gasteiger partial charge in [-0.3, -0.25) is 4.79 Å². The van der Waals surface area contributed by atoms with Crippen molar-refractivity contribution in [3.63, 3.8) is 0 Å². The SMILES string of the molecule is COc1ccc(C(=O)N2CCC(C)c3ccccc32)cc1S(=O)(=O)N1CCCC1. The number of nitrogens with zero attached hydrogens (tertiary/aromatic N) is 2. The minimum absolute atomic E-state index is 0.0615. The van der Waals surface area contributed by atoms with E-state index in [1.807, 2.05) is 18.2 Å². The van der Waals surface area contributed by atoms with Crippen LogP contribution in [0, 0.1) is 0 Å². The molecule has 2 aliphatic heterocycles. The molecule has 0 bridgehead atoms. The number of fused-ring (bicyclic) bond motifs is 1. The summed E-state index contributed by atoms with van der Waals surface area (Å²) in [5.74, 6) is 0.461. The first-order chi connectivity index (χ1) is 13.9. The van der Waals surface area contributed by atoms with E-state index in [2.05, 4.69) is 13.0 Å². The number of carbonyl (C=O) groups is 1. The zero-order valence-electron chi connectivity index (χ0n) is 16.8. The summed E-state index contributed by atoms with van der Waals surface area (Å²) in [6.45, 7) is 3.77. The van der Waals surface area contributed by atoms with E-state index in [-0.39, 0.29) is 16.6 Å². The molecule has 4 rings (SSSR count). The summed E-state index contributed by atoms with van der Waals surface area (Å²) >= 11 is 0. The van der Waals surface area contributed by atoms with Crippen molar-refractivity contribution in [2.75, 3.05) is 31.6 Å². The summed E-state index contributed by atoms with van der Waals surface area (Å²) in [5.41, 5.74) is 2.40. The predicted molar refractivity (Wildman–Crippen MR) is 112 cm³/mol. The lowest BCUT2D eigenvalue weighted by Crippen LogP contribution is -2.36. The summed E-state index contributed by atoms with van der Waals surface area (Å²) in [7, 11) is -2.25. The van der Waals surface area contributed by atoms with Gasteiger partial charge in [0.25, 0.3) is 5.91 Å². The van der Waals surface area contributed by atoms with Crippen molar-refractivity contribution in [1.82, 2.24) is 4.31 Å². The van der Waals surface area contributed by atoms with Crippen molar-refractivity contribution in [3.8, 4) is 5.75 Å². The average molecular weight is 415 g/mol. The zero-order valence-corrected chi connectivity index (χ0v) is 17.6. The van der Waals surface area contributed by atoms with E-state index in [1.54, 1.807) is 17.0 Å². The van der Waals surface area contributed by atoms with Gasteiger partial charge in [0.05, 0.1) is 7.11 Å². The number of ether oxygens (including phenoxy) is 1. The van der Waals surface area contributed by atoms with Crippen LogP contribution in [0.3, 0.4) is 0 Å². The molecule has 0 N–H and O–H groups in total. The smallest absolute Gasteiger partial charge is 0.258 e. The van der Waals surface area contributed by atoms with E-state index < -0.39 is 10.0 Å². The fourth-order valence-electron chi connectivity index (χ4n) is 4.19. The minimum atomic E-state index is -3.70. The van der Waals surface area contributed by atoms with Crippen LogP contribution in [0.1, 0.15) is 48.0 Å². The molecule has 1 unspecified atom stereocenters. The second-order valence-electron chi connectivity index (χ2n) is 7.68. The summed E-state index contributed by atoms with van der Waals surface area (Å²) in [6, 6.07) is 12.6. The van der Waals surface area contributed by atoms with Gasteiger partial charge in [-0.1, -0.05) is 25.1 Å². The Balaban J connectivity index is 1.73. The Bertz CT molecular complexity index is 1030. The van der Waals surface area contributed by atoms with Crippen LogP contribution in [0.15, 0.2) is 47.4 Å². The van der Waals surface area contributed by atoms with Gasteiger partial charge in [-0.2, -0.15) is 4.31 Å². The molecule has 0 aromatic heterocycles. The highest BCUT2D eigenvalue weighted by atomic mass is 32.2. The van der Waals surface area contributed by atoms with Crippen LogP contribution in [0.5, 0.6) is 5.75 Å². The molecular weight excluding hydrogens is 388 g/mol. The van der Waals surface area contributed by atoms with Crippen molar-refractivity contribution in [1.29, 1.82) is 0 Å². The molecule has 0 radical (unpaired) electrons. The van der Waals surface area contributed by atoms with Gasteiger partial charge in [-0.25, -0.2) is 8.42 Å². The highest BCUT2D eigenvalue weighted by Crippen LogP contribution is 2.36. The molecule has 7 heteroatoms. The average Bonchev–Trinajstić information content (AvgIpc) is 3.29. The number of methoxy groups -OCH3 is 1. The molecule has 2 aromatic carbocycles. The predicted octanol–water partition coefficient (Wildman–Crippen LogP) is 3.63. The number of carbonyl (C=O) groups excluding carboxylic acids is 1. The Morgan fingerprint density at radius 2 is 1.79 bits per heavy atom. The van der Waals surface area contributed by atoms with E-state index in [0.29, 0.717) is 31.1 Å². The Morgan fingerprint density at radius 1 is 1.07 bits per heavy atom. The Hall–Kier alpha value is -2.38. The van der Waals surface area contributed by atoms with Gasteiger partial charge >= 0.3 is 0 Å². The van der Waals surface area contributed by atoms with Gasteiger partial charge in [-0.05, 0) is 55.0 Å². The molecule has 1 amide bonds. The van der Waals surface area contributed by atoms with Crippen molar-refractivity contribution in [2.24, 2.45) is 0 Å². The maximum absolute atomic E-state index is 13.3. The normalized spacial score (nSPS) is 19.8. The number of benzene rings is 2. The number of anilines is 1. The Labute approximate surface area is 172 Å². The van der Waals surface area contributed by atoms with Crippen LogP contribution in [0.2, 0.25) is 0 Å². The van der Waals surface area contributed by atoms with E-state index in [0.717, 1.165) is 30.5 Å². The summed E-state index contributed by atoms with van der Waals surface area (Å²) in [5, 5.41) is 0. The molecule has 2 aliphatic rings. The van der Waals surface area contributed by atoms with Gasteiger partial charge in [0, 0.05) is 30.9 Å². The highest BCUT2D eigenvalue weighted by Gasteiger charge is 2.32. The second-order valence-corrected chi connectivity index (χ2v) is 9.59. The number of sulfonamides is 1. The van der Waals surface area contributed by atoms with Gasteiger partial charge in [0.2, 0.25) is 10.0 Å². The van der Waals surface area contributed by atoms with Crippen molar-refractivity contribution < 1.29 is 17.9 Å². The topological polar surface area (TPSA) is 66.9 Å². The highest BCUT2D eigenvalue weighted by molar-refractivity contribution is 7.89. The van der Waals surface area contributed by atoms with Crippen molar-refractivity contribution in [3.05, 3.63) is 53.6 Å². The number of para-hydroxylation sites is 1. The summed E-state index contributed by atoms with van der Waals surface area (Å²) < 4.78 is 33.0. The van der Waals surface area contributed by atoms with Crippen LogP contribution >= 0.6 is 0 Å². The van der Waals surface area contributed by atoms with Gasteiger partial charge in [0.15, 0.2) is 0 Å². The van der Waals surface area contributed by atoms with Gasteiger partial charge in [-0.15, -0.1) is 0 Å². The minimum Gasteiger partial charge on any atom is -0.495 e. The second kappa shape index (κ2) is 7.80. The molecule has 0 saturated carbocycles. The molecule has 2 aromatic rings. The largest absolute Gasteiger partial charge is 0.495 e. The van der Waals surface area contributed by atoms with Crippen LogP contribution in [-0.2, 0) is 10.0 Å². The lowest BCUT2D eigenvalue weighted by molar-refractivity contribution is 0.0984. The third kappa shape index (κ3) is 3.53. The number of amides is 1. The van der Waals surface area contributed by atoms with Gasteiger partial charge < -0.3 is 9.64 Å². The molecule has 29 heavy (non-hydrogen) atoms. The first-order valence-electron chi connectivity index (χ1n) is 10.0. The number of rotatable bonds is 4. The fraction of sp³-hybridized carbons (Fsp3) is 0.409. The van der Waals surface area contributed by atoms with Crippen molar-refractivity contribution in [2.45, 2.75) is 37.0 Å². The molecule has 2 heterocycles. The first-order valence-corrected chi connectivity index (χ1v) is 11.5. The zero-order chi connectivity index (χ0) is 20.6. The molecule has 0 aliphatic carbocycles. The van der Waals surface area contributed by atoms with E-state index in [9.17, 15) is 13.2 Å². The number of hydrogen-bond donors (Lipinski definition) is 0. The summed E-state index contributed by atoms with van der Waals surface area (Å²) in [6.07, 6.45) is 2.57. The van der Waals surface area contributed by atoms with Crippen molar-refractivity contribution >= 4 is 21.6 Å². The standard InChI is InChI=1S/C22H26N2O4S/c1-16-11-14-24(19-8-4-3-7-18(16)19)22(25)17-9-10-20(28-2)21(15-17)29(26,27)23-12-5-6-13-23/h3-4,7-10,15-16H,5-6,11-14H2,1-2H3. The van der Waals surface area contributed by atoms with Crippen LogP contribution < -0.4 is 9.64 Å². The van der Waals surface area contributed by atoms with Crippen LogP contribution in [-0.4, -0.2) is 45.4 Å². The first kappa shape index (κ1) is 19.9. The molecule has 1 saturated heterocycles. The summed E-state index contributed by atoms with van der Waals surface area (Å²) in [4.78, 5) is 15.2. The van der Waals surface area contributed by atoms with E-state index in [1.165, 1.54) is 17.5 Å². The lowest BCUT2D eigenvalue weighted by Gasteiger charge is -2.33. The number of hydrogen-bond acceptors (Lipinski definition) is 4. The van der Waals surface area contributed by atoms with Crippen LogP contribution in [0.25, 0.3) is 0 Å². The van der Waals surface area contributed by atoms with E-state index >= 15 is 0 Å². The fourth-order valence-corrected chi connectivity index (χ4v) is 5.89. The quantitative estimate of drug-likeness (QED) is 0.766. The molecule has 154 valence electrons. The molecule has 0 spiro atoms. The Morgan fingerprint density at radius 3 is 2.52 bits per heavy atom. The molecular formula is C22H26N2O4S. The van der Waals surface area contributed by atoms with E-state index in [4.69, 9.17) is 4.74 Å². The lowest BCUT2D eigenvalue weighted by atomic mass is 9.91. The third-order valence-electron chi connectivity index (χ3n) is 5.88. The van der Waals surface area contributed by atoms with Crippen LogP contribution in [0.4, 0.5) is 5.69 Å². The molecule has 1 atom stereocenters. The monoisotopic (exact) mass is 414 g/mol. The maximum atomic E-state index is 13.3. The third-order valence-corrected chi connectivity index (χ3v) is 7.80. The van der Waals surface area contributed by atoms with Gasteiger partial charge in [0.1, 0.15) is 10.6 Å². The molecule has 6 nitrogen and oxygen atoms in total.